The molecule has 0 saturated carbocycles. The van der Waals surface area contributed by atoms with Crippen molar-refractivity contribution >= 4 is 17.5 Å². The van der Waals surface area contributed by atoms with Gasteiger partial charge in [-0.25, -0.2) is 0 Å². The van der Waals surface area contributed by atoms with Crippen LogP contribution in [0.5, 0.6) is 11.5 Å². The molecule has 1 atom stereocenters. The number of carbonyl (C=O) groups excluding carboxylic acids is 1. The van der Waals surface area contributed by atoms with Crippen molar-refractivity contribution in [2.75, 3.05) is 19.9 Å². The lowest BCUT2D eigenvalue weighted by Gasteiger charge is -2.17. The Hall–Kier alpha value is -2.20. The maximum Gasteiger partial charge on any atom is 0.231 e. The third kappa shape index (κ3) is 3.45. The first-order valence-corrected chi connectivity index (χ1v) is 8.99. The zero-order valence-corrected chi connectivity index (χ0v) is 14.7. The molecule has 0 N–H and O–H groups in total. The largest absolute Gasteiger partial charge is 0.454 e. The summed E-state index contributed by atoms with van der Waals surface area (Å²) in [4.78, 5) is 14.5. The van der Waals surface area contributed by atoms with Gasteiger partial charge in [0.2, 0.25) is 12.7 Å². The predicted octanol–water partition coefficient (Wildman–Crippen LogP) is 4.02. The van der Waals surface area contributed by atoms with E-state index in [1.807, 2.05) is 41.3 Å². The number of hydrogen-bond donors (Lipinski definition) is 0. The van der Waals surface area contributed by atoms with Crippen molar-refractivity contribution in [3.05, 3.63) is 58.6 Å². The molecule has 130 valence electrons. The van der Waals surface area contributed by atoms with Gasteiger partial charge in [0.1, 0.15) is 0 Å². The fraction of sp³-hybridized carbons (Fsp3) is 0.350. The highest BCUT2D eigenvalue weighted by molar-refractivity contribution is 6.31. The molecule has 0 aliphatic carbocycles. The highest BCUT2D eigenvalue weighted by atomic mass is 35.5. The summed E-state index contributed by atoms with van der Waals surface area (Å²) in [6, 6.07) is 13.8. The van der Waals surface area contributed by atoms with E-state index in [0.29, 0.717) is 18.8 Å². The minimum atomic E-state index is 0.197. The molecule has 2 aliphatic rings. The lowest BCUT2D eigenvalue weighted by Crippen LogP contribution is -2.28. The lowest BCUT2D eigenvalue weighted by atomic mass is 9.98. The lowest BCUT2D eigenvalue weighted by molar-refractivity contribution is -0.130. The van der Waals surface area contributed by atoms with E-state index in [1.54, 1.807) is 0 Å². The Labute approximate surface area is 152 Å². The number of aryl methyl sites for hydroxylation is 1. The fourth-order valence-electron chi connectivity index (χ4n) is 3.53. The van der Waals surface area contributed by atoms with E-state index in [2.05, 4.69) is 6.07 Å². The second-order valence-electron chi connectivity index (χ2n) is 6.53. The summed E-state index contributed by atoms with van der Waals surface area (Å²) in [5.41, 5.74) is 2.25. The van der Waals surface area contributed by atoms with Crippen LogP contribution in [0.25, 0.3) is 0 Å². The predicted molar refractivity (Wildman–Crippen MR) is 96.3 cm³/mol. The Balaban J connectivity index is 1.35. The van der Waals surface area contributed by atoms with Gasteiger partial charge in [0.05, 0.1) is 0 Å². The number of ether oxygens (including phenoxy) is 2. The number of amides is 1. The van der Waals surface area contributed by atoms with Crippen LogP contribution in [0.15, 0.2) is 42.5 Å². The van der Waals surface area contributed by atoms with Gasteiger partial charge in [-0.1, -0.05) is 35.9 Å². The SMILES string of the molecule is O=C(CCc1ccccc1Cl)N1CCC(c2ccc3c(c2)OCO3)C1. The van der Waals surface area contributed by atoms with Gasteiger partial charge in [0, 0.05) is 30.5 Å². The Kier molecular flexibility index (Phi) is 4.53. The van der Waals surface area contributed by atoms with Crippen LogP contribution >= 0.6 is 11.6 Å². The molecule has 4 nitrogen and oxygen atoms in total. The minimum Gasteiger partial charge on any atom is -0.454 e. The normalized spacial score (nSPS) is 18.6. The van der Waals surface area contributed by atoms with E-state index in [0.717, 1.165) is 41.6 Å². The summed E-state index contributed by atoms with van der Waals surface area (Å²) in [6.07, 6.45) is 2.17. The number of hydrogen-bond acceptors (Lipinski definition) is 3. The monoisotopic (exact) mass is 357 g/mol. The Morgan fingerprint density at radius 1 is 1.16 bits per heavy atom. The van der Waals surface area contributed by atoms with E-state index in [-0.39, 0.29) is 12.7 Å². The quantitative estimate of drug-likeness (QED) is 0.829. The highest BCUT2D eigenvalue weighted by Crippen LogP contribution is 2.37. The van der Waals surface area contributed by atoms with Crippen LogP contribution in [0.3, 0.4) is 0 Å². The van der Waals surface area contributed by atoms with E-state index < -0.39 is 0 Å². The van der Waals surface area contributed by atoms with Crippen molar-refractivity contribution in [1.29, 1.82) is 0 Å². The fourth-order valence-corrected chi connectivity index (χ4v) is 3.76. The standard InChI is InChI=1S/C20H20ClNO3/c21-17-4-2-1-3-14(17)6-8-20(23)22-10-9-16(12-22)15-5-7-18-19(11-15)25-13-24-18/h1-5,7,11,16H,6,8-10,12-13H2. The van der Waals surface area contributed by atoms with Crippen molar-refractivity contribution in [3.8, 4) is 11.5 Å². The first kappa shape index (κ1) is 16.3. The van der Waals surface area contributed by atoms with Crippen molar-refractivity contribution in [2.45, 2.75) is 25.2 Å². The summed E-state index contributed by atoms with van der Waals surface area (Å²) in [5.74, 6) is 2.16. The topological polar surface area (TPSA) is 38.8 Å². The zero-order valence-electron chi connectivity index (χ0n) is 13.9. The van der Waals surface area contributed by atoms with Gasteiger partial charge in [0.15, 0.2) is 11.5 Å². The number of fused-ring (bicyclic) bond motifs is 1. The maximum absolute atomic E-state index is 12.5. The van der Waals surface area contributed by atoms with E-state index >= 15 is 0 Å². The summed E-state index contributed by atoms with van der Waals surface area (Å²) >= 11 is 6.17. The van der Waals surface area contributed by atoms with Gasteiger partial charge in [-0.2, -0.15) is 0 Å². The van der Waals surface area contributed by atoms with Crippen molar-refractivity contribution in [1.82, 2.24) is 4.90 Å². The number of benzene rings is 2. The Morgan fingerprint density at radius 3 is 2.88 bits per heavy atom. The van der Waals surface area contributed by atoms with Crippen molar-refractivity contribution in [2.24, 2.45) is 0 Å². The molecular formula is C20H20ClNO3. The first-order valence-electron chi connectivity index (χ1n) is 8.61. The summed E-state index contributed by atoms with van der Waals surface area (Å²) in [6.45, 7) is 1.86. The van der Waals surface area contributed by atoms with Crippen LogP contribution in [-0.4, -0.2) is 30.7 Å². The second kappa shape index (κ2) is 6.96. The first-order chi connectivity index (χ1) is 12.2. The van der Waals surface area contributed by atoms with Crippen LogP contribution in [0, 0.1) is 0 Å². The molecule has 25 heavy (non-hydrogen) atoms. The Bertz CT molecular complexity index is 792. The molecule has 0 aromatic heterocycles. The average Bonchev–Trinajstić information content (AvgIpc) is 3.29. The van der Waals surface area contributed by atoms with Crippen LogP contribution in [0.1, 0.15) is 29.9 Å². The summed E-state index contributed by atoms with van der Waals surface area (Å²) in [7, 11) is 0. The summed E-state index contributed by atoms with van der Waals surface area (Å²) < 4.78 is 10.8. The van der Waals surface area contributed by atoms with Crippen LogP contribution in [0.2, 0.25) is 5.02 Å². The molecule has 1 fully saturated rings. The third-order valence-electron chi connectivity index (χ3n) is 4.98. The molecule has 2 aromatic rings. The van der Waals surface area contributed by atoms with Crippen LogP contribution in [-0.2, 0) is 11.2 Å². The molecule has 1 saturated heterocycles. The van der Waals surface area contributed by atoms with Gasteiger partial charge in [-0.15, -0.1) is 0 Å². The Morgan fingerprint density at radius 2 is 2.00 bits per heavy atom. The number of likely N-dealkylation sites (tertiary alicyclic amines) is 1. The molecule has 5 heteroatoms. The van der Waals surface area contributed by atoms with E-state index in [9.17, 15) is 4.79 Å². The van der Waals surface area contributed by atoms with Gasteiger partial charge < -0.3 is 14.4 Å². The molecule has 0 spiro atoms. The smallest absolute Gasteiger partial charge is 0.231 e. The molecule has 1 unspecified atom stereocenters. The zero-order chi connectivity index (χ0) is 17.2. The molecule has 4 rings (SSSR count). The van der Waals surface area contributed by atoms with E-state index in [4.69, 9.17) is 21.1 Å². The van der Waals surface area contributed by atoms with Crippen LogP contribution < -0.4 is 9.47 Å². The van der Waals surface area contributed by atoms with Gasteiger partial charge in [0.25, 0.3) is 0 Å². The molecule has 0 bridgehead atoms. The molecular weight excluding hydrogens is 338 g/mol. The molecule has 2 heterocycles. The molecule has 0 radical (unpaired) electrons. The number of carbonyl (C=O) groups is 1. The summed E-state index contributed by atoms with van der Waals surface area (Å²) in [5, 5.41) is 0.731. The second-order valence-corrected chi connectivity index (χ2v) is 6.94. The van der Waals surface area contributed by atoms with Crippen LogP contribution in [0.4, 0.5) is 0 Å². The van der Waals surface area contributed by atoms with Gasteiger partial charge in [-0.05, 0) is 42.2 Å². The van der Waals surface area contributed by atoms with Gasteiger partial charge >= 0.3 is 0 Å². The number of nitrogens with zero attached hydrogens (tertiary/aromatic N) is 1. The minimum absolute atomic E-state index is 0.197. The average molecular weight is 358 g/mol. The molecule has 2 aromatic carbocycles. The van der Waals surface area contributed by atoms with E-state index in [1.165, 1.54) is 5.56 Å². The number of halogens is 1. The van der Waals surface area contributed by atoms with Crippen molar-refractivity contribution in [3.63, 3.8) is 0 Å². The number of rotatable bonds is 4. The molecule has 2 aliphatic heterocycles. The highest BCUT2D eigenvalue weighted by Gasteiger charge is 2.28. The van der Waals surface area contributed by atoms with Gasteiger partial charge in [-0.3, -0.25) is 4.79 Å². The maximum atomic E-state index is 12.5. The third-order valence-corrected chi connectivity index (χ3v) is 5.34. The van der Waals surface area contributed by atoms with Crippen molar-refractivity contribution < 1.29 is 14.3 Å². The molecule has 1 amide bonds.